The highest BCUT2D eigenvalue weighted by Gasteiger charge is 2.41. The fourth-order valence-electron chi connectivity index (χ4n) is 3.01. The molecule has 1 aromatic heterocycles. The van der Waals surface area contributed by atoms with Gasteiger partial charge in [-0.1, -0.05) is 18.2 Å². The Morgan fingerprint density at radius 3 is 2.52 bits per heavy atom. The van der Waals surface area contributed by atoms with Gasteiger partial charge in [0, 0.05) is 42.2 Å². The van der Waals surface area contributed by atoms with Gasteiger partial charge in [0.25, 0.3) is 0 Å². The van der Waals surface area contributed by atoms with Crippen molar-refractivity contribution in [3.63, 3.8) is 0 Å². The molecule has 2 N–H and O–H groups in total. The lowest BCUT2D eigenvalue weighted by Crippen LogP contribution is -2.26. The SMILES string of the molecule is Cc1cc(CNCC2(CO)CC2)c(C)n1-c1ccccc1. The van der Waals surface area contributed by atoms with Crippen molar-refractivity contribution < 1.29 is 5.11 Å². The predicted molar refractivity (Wildman–Crippen MR) is 85.7 cm³/mol. The van der Waals surface area contributed by atoms with E-state index in [1.165, 1.54) is 22.6 Å². The summed E-state index contributed by atoms with van der Waals surface area (Å²) in [6.45, 7) is 6.42. The van der Waals surface area contributed by atoms with Gasteiger partial charge in [-0.2, -0.15) is 0 Å². The number of aryl methyl sites for hydroxylation is 1. The highest BCUT2D eigenvalue weighted by molar-refractivity contribution is 5.40. The Hall–Kier alpha value is -1.58. The lowest BCUT2D eigenvalue weighted by Gasteiger charge is -2.13. The molecule has 1 saturated carbocycles. The largest absolute Gasteiger partial charge is 0.396 e. The van der Waals surface area contributed by atoms with Crippen LogP contribution in [0.5, 0.6) is 0 Å². The average molecular weight is 284 g/mol. The van der Waals surface area contributed by atoms with E-state index < -0.39 is 0 Å². The van der Waals surface area contributed by atoms with Crippen LogP contribution in [0.15, 0.2) is 36.4 Å². The highest BCUT2D eigenvalue weighted by Crippen LogP contribution is 2.44. The van der Waals surface area contributed by atoms with Gasteiger partial charge < -0.3 is 15.0 Å². The molecule has 3 heteroatoms. The zero-order valence-corrected chi connectivity index (χ0v) is 12.9. The van der Waals surface area contributed by atoms with Crippen LogP contribution in [-0.2, 0) is 6.54 Å². The van der Waals surface area contributed by atoms with E-state index >= 15 is 0 Å². The average Bonchev–Trinajstić information content (AvgIpc) is 3.22. The molecule has 0 unspecified atom stereocenters. The van der Waals surface area contributed by atoms with Crippen LogP contribution in [-0.4, -0.2) is 22.8 Å². The first kappa shape index (κ1) is 14.4. The minimum absolute atomic E-state index is 0.172. The molecule has 0 radical (unpaired) electrons. The van der Waals surface area contributed by atoms with Crippen molar-refractivity contribution in [2.45, 2.75) is 33.2 Å². The molecule has 0 spiro atoms. The Labute approximate surface area is 126 Å². The quantitative estimate of drug-likeness (QED) is 0.856. The van der Waals surface area contributed by atoms with E-state index in [1.807, 2.05) is 6.07 Å². The van der Waals surface area contributed by atoms with E-state index in [0.717, 1.165) is 25.9 Å². The summed E-state index contributed by atoms with van der Waals surface area (Å²) in [7, 11) is 0. The molecule has 3 nitrogen and oxygen atoms in total. The number of aromatic nitrogens is 1. The summed E-state index contributed by atoms with van der Waals surface area (Å²) in [6.07, 6.45) is 2.30. The normalized spacial score (nSPS) is 16.1. The van der Waals surface area contributed by atoms with Crippen molar-refractivity contribution >= 4 is 0 Å². The van der Waals surface area contributed by atoms with E-state index in [1.54, 1.807) is 0 Å². The number of aliphatic hydroxyl groups is 1. The summed E-state index contributed by atoms with van der Waals surface area (Å²) >= 11 is 0. The minimum Gasteiger partial charge on any atom is -0.396 e. The topological polar surface area (TPSA) is 37.2 Å². The number of hydrogen-bond donors (Lipinski definition) is 2. The van der Waals surface area contributed by atoms with Crippen LogP contribution < -0.4 is 5.32 Å². The van der Waals surface area contributed by atoms with Crippen LogP contribution in [0.25, 0.3) is 5.69 Å². The molecule has 112 valence electrons. The zero-order chi connectivity index (χ0) is 14.9. The fraction of sp³-hybridized carbons (Fsp3) is 0.444. The highest BCUT2D eigenvalue weighted by atomic mass is 16.3. The zero-order valence-electron chi connectivity index (χ0n) is 12.9. The van der Waals surface area contributed by atoms with Gasteiger partial charge in [-0.25, -0.2) is 0 Å². The van der Waals surface area contributed by atoms with Gasteiger partial charge in [0.2, 0.25) is 0 Å². The maximum absolute atomic E-state index is 9.36. The molecule has 0 atom stereocenters. The van der Waals surface area contributed by atoms with Gasteiger partial charge in [0.1, 0.15) is 0 Å². The minimum atomic E-state index is 0.172. The third-order valence-electron chi connectivity index (χ3n) is 4.66. The second-order valence-corrected chi connectivity index (χ2v) is 6.33. The summed E-state index contributed by atoms with van der Waals surface area (Å²) < 4.78 is 2.30. The van der Waals surface area contributed by atoms with Crippen molar-refractivity contribution in [1.82, 2.24) is 9.88 Å². The van der Waals surface area contributed by atoms with Crippen LogP contribution in [0, 0.1) is 19.3 Å². The molecule has 0 saturated heterocycles. The molecule has 1 aliphatic rings. The molecule has 0 amide bonds. The molecule has 0 aliphatic heterocycles. The Morgan fingerprint density at radius 2 is 1.90 bits per heavy atom. The number of aliphatic hydroxyl groups excluding tert-OH is 1. The number of para-hydroxylation sites is 1. The Kier molecular flexibility index (Phi) is 3.87. The maximum Gasteiger partial charge on any atom is 0.0499 e. The van der Waals surface area contributed by atoms with Gasteiger partial charge in [-0.05, 0) is 50.5 Å². The second-order valence-electron chi connectivity index (χ2n) is 6.33. The first-order chi connectivity index (χ1) is 10.2. The molecule has 2 aromatic rings. The molecule has 1 aliphatic carbocycles. The summed E-state index contributed by atoms with van der Waals surface area (Å²) in [5, 5.41) is 12.9. The molecule has 3 rings (SSSR count). The number of benzene rings is 1. The summed E-state index contributed by atoms with van der Waals surface area (Å²) in [6, 6.07) is 12.7. The lowest BCUT2D eigenvalue weighted by molar-refractivity contribution is 0.207. The summed E-state index contributed by atoms with van der Waals surface area (Å²) in [5.41, 5.74) is 5.28. The first-order valence-electron chi connectivity index (χ1n) is 7.70. The van der Waals surface area contributed by atoms with Crippen molar-refractivity contribution in [1.29, 1.82) is 0 Å². The van der Waals surface area contributed by atoms with Gasteiger partial charge in [0.15, 0.2) is 0 Å². The van der Waals surface area contributed by atoms with Crippen LogP contribution in [0.1, 0.15) is 29.8 Å². The molecular weight excluding hydrogens is 260 g/mol. The summed E-state index contributed by atoms with van der Waals surface area (Å²) in [4.78, 5) is 0. The second kappa shape index (κ2) is 5.66. The van der Waals surface area contributed by atoms with Crippen LogP contribution >= 0.6 is 0 Å². The standard InChI is InChI=1S/C18H24N2O/c1-14-10-16(11-19-12-18(13-21)8-9-18)15(2)20(14)17-6-4-3-5-7-17/h3-7,10,19,21H,8-9,11-13H2,1-2H3. The maximum atomic E-state index is 9.36. The van der Waals surface area contributed by atoms with Gasteiger partial charge in [-0.15, -0.1) is 0 Å². The van der Waals surface area contributed by atoms with Crippen molar-refractivity contribution in [2.24, 2.45) is 5.41 Å². The fourth-order valence-corrected chi connectivity index (χ4v) is 3.01. The smallest absolute Gasteiger partial charge is 0.0499 e. The van der Waals surface area contributed by atoms with E-state index in [-0.39, 0.29) is 5.41 Å². The monoisotopic (exact) mass is 284 g/mol. The Balaban J connectivity index is 1.72. The van der Waals surface area contributed by atoms with Crippen LogP contribution in [0.4, 0.5) is 0 Å². The van der Waals surface area contributed by atoms with Gasteiger partial charge >= 0.3 is 0 Å². The Morgan fingerprint density at radius 1 is 1.19 bits per heavy atom. The number of nitrogens with zero attached hydrogens (tertiary/aromatic N) is 1. The van der Waals surface area contributed by atoms with Crippen LogP contribution in [0.3, 0.4) is 0 Å². The third kappa shape index (κ3) is 2.89. The van der Waals surface area contributed by atoms with E-state index in [2.05, 4.69) is 54.1 Å². The first-order valence-corrected chi connectivity index (χ1v) is 7.70. The molecular formula is C18H24N2O. The number of rotatable bonds is 6. The van der Waals surface area contributed by atoms with E-state index in [0.29, 0.717) is 6.61 Å². The lowest BCUT2D eigenvalue weighted by atomic mass is 10.1. The van der Waals surface area contributed by atoms with Crippen molar-refractivity contribution in [3.05, 3.63) is 53.3 Å². The molecule has 1 fully saturated rings. The molecule has 1 heterocycles. The molecule has 0 bridgehead atoms. The predicted octanol–water partition coefficient (Wildman–Crippen LogP) is 2.96. The molecule has 21 heavy (non-hydrogen) atoms. The Bertz CT molecular complexity index is 612. The number of hydrogen-bond acceptors (Lipinski definition) is 2. The van der Waals surface area contributed by atoms with E-state index in [9.17, 15) is 5.11 Å². The number of nitrogens with one attached hydrogen (secondary N) is 1. The molecule has 1 aromatic carbocycles. The van der Waals surface area contributed by atoms with Crippen molar-refractivity contribution in [3.8, 4) is 5.69 Å². The van der Waals surface area contributed by atoms with E-state index in [4.69, 9.17) is 0 Å². The van der Waals surface area contributed by atoms with Gasteiger partial charge in [0.05, 0.1) is 0 Å². The van der Waals surface area contributed by atoms with Crippen molar-refractivity contribution in [2.75, 3.05) is 13.2 Å². The van der Waals surface area contributed by atoms with Crippen LogP contribution in [0.2, 0.25) is 0 Å². The van der Waals surface area contributed by atoms with Gasteiger partial charge in [-0.3, -0.25) is 0 Å². The third-order valence-corrected chi connectivity index (χ3v) is 4.66. The summed E-state index contributed by atoms with van der Waals surface area (Å²) in [5.74, 6) is 0.